The van der Waals surface area contributed by atoms with E-state index in [1.807, 2.05) is 12.1 Å². The molecule has 5 heteroatoms. The van der Waals surface area contributed by atoms with Crippen molar-refractivity contribution in [1.82, 2.24) is 9.88 Å². The van der Waals surface area contributed by atoms with E-state index in [1.165, 1.54) is 12.8 Å². The van der Waals surface area contributed by atoms with Crippen molar-refractivity contribution in [3.63, 3.8) is 0 Å². The predicted octanol–water partition coefficient (Wildman–Crippen LogP) is 1.41. The molecular weight excluding hydrogens is 228 g/mol. The fourth-order valence-electron chi connectivity index (χ4n) is 1.99. The maximum atomic E-state index is 8.65. The van der Waals surface area contributed by atoms with Crippen molar-refractivity contribution < 1.29 is 5.21 Å². The zero-order chi connectivity index (χ0) is 13.0. The molecule has 2 rings (SSSR count). The van der Waals surface area contributed by atoms with Gasteiger partial charge in [0.2, 0.25) is 0 Å². The summed E-state index contributed by atoms with van der Waals surface area (Å²) in [5, 5.41) is 11.6. The summed E-state index contributed by atoms with van der Waals surface area (Å²) in [4.78, 5) is 6.50. The normalized spacial score (nSPS) is 16.2. The first-order valence-corrected chi connectivity index (χ1v) is 6.38. The highest BCUT2D eigenvalue weighted by Gasteiger charge is 2.23. The first-order chi connectivity index (χ1) is 8.72. The van der Waals surface area contributed by atoms with Crippen LogP contribution in [0.2, 0.25) is 0 Å². The number of hydrogen-bond donors (Lipinski definition) is 2. The first-order valence-electron chi connectivity index (χ1n) is 6.38. The molecule has 0 saturated heterocycles. The van der Waals surface area contributed by atoms with E-state index >= 15 is 0 Å². The van der Waals surface area contributed by atoms with Crippen LogP contribution < -0.4 is 5.73 Å². The summed E-state index contributed by atoms with van der Waals surface area (Å²) in [5.41, 5.74) is 7.21. The second-order valence-electron chi connectivity index (χ2n) is 4.81. The Labute approximate surface area is 107 Å². The molecule has 0 amide bonds. The highest BCUT2D eigenvalue weighted by Crippen LogP contribution is 2.30. The van der Waals surface area contributed by atoms with Gasteiger partial charge in [-0.25, -0.2) is 0 Å². The SMILES string of the molecule is CCN(Cc1ccnc(C(N)=NO)c1)CC1CC1. The standard InChI is InChI=1S/C13H20N4O/c1-2-17(8-10-3-4-10)9-11-5-6-15-12(7-11)13(14)16-18/h5-7,10,18H,2-4,8-9H2,1H3,(H2,14,16). The van der Waals surface area contributed by atoms with Gasteiger partial charge in [-0.2, -0.15) is 0 Å². The van der Waals surface area contributed by atoms with Crippen molar-refractivity contribution in [2.24, 2.45) is 16.8 Å². The number of pyridine rings is 1. The third-order valence-corrected chi connectivity index (χ3v) is 3.26. The summed E-state index contributed by atoms with van der Waals surface area (Å²) >= 11 is 0. The summed E-state index contributed by atoms with van der Waals surface area (Å²) in [6.07, 6.45) is 4.43. The average molecular weight is 248 g/mol. The largest absolute Gasteiger partial charge is 0.409 e. The topological polar surface area (TPSA) is 74.7 Å². The van der Waals surface area contributed by atoms with Crippen LogP contribution in [-0.4, -0.2) is 34.0 Å². The number of oxime groups is 1. The number of nitrogens with zero attached hydrogens (tertiary/aromatic N) is 3. The van der Waals surface area contributed by atoms with Crippen LogP contribution >= 0.6 is 0 Å². The molecule has 0 radical (unpaired) electrons. The van der Waals surface area contributed by atoms with Crippen LogP contribution in [0.15, 0.2) is 23.5 Å². The van der Waals surface area contributed by atoms with Crippen LogP contribution in [0.3, 0.4) is 0 Å². The third-order valence-electron chi connectivity index (χ3n) is 3.26. The molecule has 1 aromatic heterocycles. The van der Waals surface area contributed by atoms with Crippen LogP contribution in [-0.2, 0) is 6.54 Å². The minimum absolute atomic E-state index is 0.0575. The van der Waals surface area contributed by atoms with E-state index in [4.69, 9.17) is 10.9 Å². The van der Waals surface area contributed by atoms with Crippen LogP contribution in [0.25, 0.3) is 0 Å². The number of amidine groups is 1. The summed E-state index contributed by atoms with van der Waals surface area (Å²) in [6.45, 7) is 5.27. The minimum atomic E-state index is 0.0575. The van der Waals surface area contributed by atoms with E-state index < -0.39 is 0 Å². The maximum Gasteiger partial charge on any atom is 0.188 e. The molecule has 0 atom stereocenters. The van der Waals surface area contributed by atoms with Gasteiger partial charge in [-0.3, -0.25) is 9.88 Å². The van der Waals surface area contributed by atoms with Crippen molar-refractivity contribution in [2.45, 2.75) is 26.3 Å². The Bertz CT molecular complexity index is 429. The van der Waals surface area contributed by atoms with Gasteiger partial charge in [0.15, 0.2) is 5.84 Å². The lowest BCUT2D eigenvalue weighted by atomic mass is 10.2. The first kappa shape index (κ1) is 12.8. The fourth-order valence-corrected chi connectivity index (χ4v) is 1.99. The lowest BCUT2D eigenvalue weighted by Crippen LogP contribution is -2.25. The van der Waals surface area contributed by atoms with Crippen LogP contribution in [0.1, 0.15) is 31.0 Å². The molecule has 3 N–H and O–H groups in total. The van der Waals surface area contributed by atoms with Crippen molar-refractivity contribution in [3.8, 4) is 0 Å². The Hall–Kier alpha value is -1.62. The molecule has 0 spiro atoms. The second kappa shape index (κ2) is 5.82. The van der Waals surface area contributed by atoms with Crippen molar-refractivity contribution >= 4 is 5.84 Å². The summed E-state index contributed by atoms with van der Waals surface area (Å²) in [5.74, 6) is 0.942. The number of aromatic nitrogens is 1. The molecule has 0 unspecified atom stereocenters. The molecule has 5 nitrogen and oxygen atoms in total. The Kier molecular flexibility index (Phi) is 4.15. The fraction of sp³-hybridized carbons (Fsp3) is 0.538. The Morgan fingerprint density at radius 2 is 2.39 bits per heavy atom. The Balaban J connectivity index is 2.02. The van der Waals surface area contributed by atoms with Crippen LogP contribution in [0, 0.1) is 5.92 Å². The molecule has 1 fully saturated rings. The molecular formula is C13H20N4O. The lowest BCUT2D eigenvalue weighted by Gasteiger charge is -2.20. The maximum absolute atomic E-state index is 8.65. The molecule has 0 bridgehead atoms. The van der Waals surface area contributed by atoms with Crippen molar-refractivity contribution in [2.75, 3.05) is 13.1 Å². The van der Waals surface area contributed by atoms with Gasteiger partial charge in [-0.15, -0.1) is 0 Å². The van der Waals surface area contributed by atoms with Crippen LogP contribution in [0.5, 0.6) is 0 Å². The summed E-state index contributed by atoms with van der Waals surface area (Å²) in [6, 6.07) is 3.86. The van der Waals surface area contributed by atoms with E-state index in [9.17, 15) is 0 Å². The zero-order valence-corrected chi connectivity index (χ0v) is 10.7. The van der Waals surface area contributed by atoms with E-state index in [1.54, 1.807) is 6.20 Å². The van der Waals surface area contributed by atoms with E-state index in [2.05, 4.69) is 22.0 Å². The second-order valence-corrected chi connectivity index (χ2v) is 4.81. The van der Waals surface area contributed by atoms with Gasteiger partial charge in [-0.05, 0) is 43.0 Å². The van der Waals surface area contributed by atoms with Crippen LogP contribution in [0.4, 0.5) is 0 Å². The van der Waals surface area contributed by atoms with Gasteiger partial charge in [-0.1, -0.05) is 12.1 Å². The number of nitrogens with two attached hydrogens (primary N) is 1. The highest BCUT2D eigenvalue weighted by atomic mass is 16.4. The Morgan fingerprint density at radius 3 is 3.00 bits per heavy atom. The van der Waals surface area contributed by atoms with E-state index in [0.29, 0.717) is 5.69 Å². The molecule has 18 heavy (non-hydrogen) atoms. The van der Waals surface area contributed by atoms with Gasteiger partial charge < -0.3 is 10.9 Å². The van der Waals surface area contributed by atoms with Gasteiger partial charge in [0, 0.05) is 19.3 Å². The Morgan fingerprint density at radius 1 is 1.61 bits per heavy atom. The third kappa shape index (κ3) is 3.43. The summed E-state index contributed by atoms with van der Waals surface area (Å²) < 4.78 is 0. The van der Waals surface area contributed by atoms with Gasteiger partial charge in [0.1, 0.15) is 5.69 Å². The molecule has 1 aliphatic rings. The van der Waals surface area contributed by atoms with E-state index in [-0.39, 0.29) is 5.84 Å². The van der Waals surface area contributed by atoms with E-state index in [0.717, 1.165) is 31.1 Å². The average Bonchev–Trinajstić information content (AvgIpc) is 3.21. The molecule has 0 aromatic carbocycles. The minimum Gasteiger partial charge on any atom is -0.409 e. The number of rotatable bonds is 6. The van der Waals surface area contributed by atoms with Gasteiger partial charge in [0.05, 0.1) is 0 Å². The molecule has 1 aliphatic carbocycles. The van der Waals surface area contributed by atoms with Gasteiger partial charge in [0.25, 0.3) is 0 Å². The summed E-state index contributed by atoms with van der Waals surface area (Å²) in [7, 11) is 0. The number of hydrogen-bond acceptors (Lipinski definition) is 4. The lowest BCUT2D eigenvalue weighted by molar-refractivity contribution is 0.268. The quantitative estimate of drug-likeness (QED) is 0.345. The monoisotopic (exact) mass is 248 g/mol. The predicted molar refractivity (Wildman–Crippen MR) is 70.4 cm³/mol. The van der Waals surface area contributed by atoms with Gasteiger partial charge >= 0.3 is 0 Å². The smallest absolute Gasteiger partial charge is 0.188 e. The highest BCUT2D eigenvalue weighted by molar-refractivity contribution is 5.95. The van der Waals surface area contributed by atoms with Crippen molar-refractivity contribution in [3.05, 3.63) is 29.6 Å². The molecule has 1 aromatic rings. The van der Waals surface area contributed by atoms with Crippen molar-refractivity contribution in [1.29, 1.82) is 0 Å². The molecule has 1 heterocycles. The zero-order valence-electron chi connectivity index (χ0n) is 10.7. The molecule has 98 valence electrons. The molecule has 0 aliphatic heterocycles. The molecule has 1 saturated carbocycles.